The SMILES string of the molecule is CCCCC=CC(=O)Oc1cc2c(s1)CCN(C(C(=O)O)c1ccccc1Cl)C2. The topological polar surface area (TPSA) is 66.8 Å². The van der Waals surface area contributed by atoms with Crippen molar-refractivity contribution in [2.75, 3.05) is 6.54 Å². The van der Waals surface area contributed by atoms with Crippen LogP contribution in [-0.4, -0.2) is 28.5 Å². The molecule has 154 valence electrons. The number of thiophene rings is 1. The number of fused-ring (bicyclic) bond motifs is 1. The van der Waals surface area contributed by atoms with E-state index in [0.717, 1.165) is 29.7 Å². The van der Waals surface area contributed by atoms with Crippen molar-refractivity contribution in [2.24, 2.45) is 0 Å². The van der Waals surface area contributed by atoms with Crippen molar-refractivity contribution in [1.29, 1.82) is 0 Å². The average molecular weight is 434 g/mol. The summed E-state index contributed by atoms with van der Waals surface area (Å²) >= 11 is 7.70. The van der Waals surface area contributed by atoms with Gasteiger partial charge < -0.3 is 9.84 Å². The van der Waals surface area contributed by atoms with Crippen molar-refractivity contribution in [3.63, 3.8) is 0 Å². The third-order valence-electron chi connectivity index (χ3n) is 4.85. The highest BCUT2D eigenvalue weighted by Crippen LogP contribution is 2.37. The van der Waals surface area contributed by atoms with Crippen LogP contribution in [0.3, 0.4) is 0 Å². The molecule has 2 heterocycles. The lowest BCUT2D eigenvalue weighted by Crippen LogP contribution is -2.37. The molecule has 2 aromatic rings. The standard InChI is InChI=1S/C22H24ClNO4S/c1-2-3-4-5-10-19(25)28-20-13-15-14-24(12-11-18(15)29-20)21(22(26)27)16-8-6-7-9-17(16)23/h5-10,13,21H,2-4,11-12,14H2,1H3,(H,26,27). The van der Waals surface area contributed by atoms with E-state index in [9.17, 15) is 14.7 Å². The van der Waals surface area contributed by atoms with E-state index in [1.54, 1.807) is 24.3 Å². The van der Waals surface area contributed by atoms with Crippen molar-refractivity contribution in [1.82, 2.24) is 4.90 Å². The van der Waals surface area contributed by atoms with Gasteiger partial charge in [-0.2, -0.15) is 0 Å². The van der Waals surface area contributed by atoms with Gasteiger partial charge in [0.2, 0.25) is 0 Å². The molecule has 29 heavy (non-hydrogen) atoms. The molecule has 1 unspecified atom stereocenters. The number of ether oxygens (including phenoxy) is 1. The van der Waals surface area contributed by atoms with Crippen molar-refractivity contribution < 1.29 is 19.4 Å². The number of carbonyl (C=O) groups is 2. The first kappa shape index (κ1) is 21.6. The number of carbonyl (C=O) groups excluding carboxylic acids is 1. The van der Waals surface area contributed by atoms with Gasteiger partial charge in [0.1, 0.15) is 6.04 Å². The zero-order chi connectivity index (χ0) is 20.8. The Labute approximate surface area is 179 Å². The van der Waals surface area contributed by atoms with Crippen LogP contribution in [0, 0.1) is 0 Å². The Morgan fingerprint density at radius 2 is 2.17 bits per heavy atom. The number of hydrogen-bond donors (Lipinski definition) is 1. The van der Waals surface area contributed by atoms with Crippen molar-refractivity contribution in [3.8, 4) is 5.06 Å². The molecule has 1 aromatic heterocycles. The molecule has 7 heteroatoms. The fourth-order valence-corrected chi connectivity index (χ4v) is 4.67. The summed E-state index contributed by atoms with van der Waals surface area (Å²) in [5, 5.41) is 10.8. The van der Waals surface area contributed by atoms with Crippen LogP contribution in [0.15, 0.2) is 42.5 Å². The fourth-order valence-electron chi connectivity index (χ4n) is 3.42. The number of unbranched alkanes of at least 4 members (excludes halogenated alkanes) is 2. The summed E-state index contributed by atoms with van der Waals surface area (Å²) in [7, 11) is 0. The molecule has 0 fully saturated rings. The molecule has 0 saturated heterocycles. The number of aliphatic carboxylic acids is 1. The Balaban J connectivity index is 1.71. The Bertz CT molecular complexity index is 908. The number of carboxylic acids is 1. The van der Waals surface area contributed by atoms with Crippen molar-refractivity contribution in [2.45, 2.75) is 45.2 Å². The van der Waals surface area contributed by atoms with E-state index in [1.807, 2.05) is 17.0 Å². The molecule has 0 amide bonds. The fraction of sp³-hybridized carbons (Fsp3) is 0.364. The molecular formula is C22H24ClNO4S. The highest BCUT2D eigenvalue weighted by molar-refractivity contribution is 7.14. The second kappa shape index (κ2) is 10.1. The quantitative estimate of drug-likeness (QED) is 0.350. The van der Waals surface area contributed by atoms with E-state index in [4.69, 9.17) is 16.3 Å². The van der Waals surface area contributed by atoms with Gasteiger partial charge in [0, 0.05) is 29.1 Å². The Morgan fingerprint density at radius 1 is 1.38 bits per heavy atom. The van der Waals surface area contributed by atoms with Crippen LogP contribution in [0.1, 0.15) is 48.2 Å². The number of carboxylic acid groups (broad SMARTS) is 1. The first-order valence-corrected chi connectivity index (χ1v) is 10.9. The molecule has 5 nitrogen and oxygen atoms in total. The van der Waals surface area contributed by atoms with Gasteiger partial charge >= 0.3 is 11.9 Å². The summed E-state index contributed by atoms with van der Waals surface area (Å²) in [6.07, 6.45) is 7.00. The van der Waals surface area contributed by atoms with Gasteiger partial charge in [-0.25, -0.2) is 4.79 Å². The molecule has 0 saturated carbocycles. The van der Waals surface area contributed by atoms with E-state index >= 15 is 0 Å². The van der Waals surface area contributed by atoms with Gasteiger partial charge in [0.05, 0.1) is 0 Å². The van der Waals surface area contributed by atoms with Gasteiger partial charge in [0.15, 0.2) is 5.06 Å². The van der Waals surface area contributed by atoms with Crippen LogP contribution < -0.4 is 4.74 Å². The predicted molar refractivity (Wildman–Crippen MR) is 115 cm³/mol. The molecular weight excluding hydrogens is 410 g/mol. The summed E-state index contributed by atoms with van der Waals surface area (Å²) in [5.74, 6) is -1.31. The van der Waals surface area contributed by atoms with Crippen LogP contribution in [0.2, 0.25) is 5.02 Å². The van der Waals surface area contributed by atoms with Crippen molar-refractivity contribution in [3.05, 3.63) is 63.5 Å². The number of halogens is 1. The maximum Gasteiger partial charge on any atom is 0.336 e. The average Bonchev–Trinajstić information content (AvgIpc) is 3.08. The van der Waals surface area contributed by atoms with E-state index in [2.05, 4.69) is 6.92 Å². The summed E-state index contributed by atoms with van der Waals surface area (Å²) in [4.78, 5) is 27.0. The summed E-state index contributed by atoms with van der Waals surface area (Å²) in [6.45, 7) is 3.17. The minimum Gasteiger partial charge on any atom is -0.480 e. The largest absolute Gasteiger partial charge is 0.480 e. The normalized spacial score (nSPS) is 15.2. The third kappa shape index (κ3) is 5.47. The maximum atomic E-state index is 12.0. The second-order valence-corrected chi connectivity index (χ2v) is 8.47. The molecule has 1 aliphatic rings. The van der Waals surface area contributed by atoms with E-state index in [-0.39, 0.29) is 5.97 Å². The molecule has 1 aliphatic heterocycles. The van der Waals surface area contributed by atoms with Crippen LogP contribution in [0.4, 0.5) is 0 Å². The molecule has 1 N–H and O–H groups in total. The highest BCUT2D eigenvalue weighted by atomic mass is 35.5. The Hall–Kier alpha value is -2.15. The molecule has 1 atom stereocenters. The number of esters is 1. The minimum atomic E-state index is -0.930. The molecule has 0 spiro atoms. The summed E-state index contributed by atoms with van der Waals surface area (Å²) < 4.78 is 5.43. The number of rotatable bonds is 8. The van der Waals surface area contributed by atoms with Gasteiger partial charge in [-0.1, -0.05) is 55.6 Å². The highest BCUT2D eigenvalue weighted by Gasteiger charge is 2.32. The number of nitrogens with zero attached hydrogens (tertiary/aromatic N) is 1. The first-order chi connectivity index (χ1) is 14.0. The zero-order valence-electron chi connectivity index (χ0n) is 16.3. The zero-order valence-corrected chi connectivity index (χ0v) is 17.8. The van der Waals surface area contributed by atoms with E-state index < -0.39 is 12.0 Å². The number of hydrogen-bond acceptors (Lipinski definition) is 5. The number of allylic oxidation sites excluding steroid dienone is 1. The predicted octanol–water partition coefficient (Wildman–Crippen LogP) is 5.24. The number of benzene rings is 1. The van der Waals surface area contributed by atoms with Gasteiger partial charge in [-0.3, -0.25) is 9.69 Å². The lowest BCUT2D eigenvalue weighted by atomic mass is 10.0. The van der Waals surface area contributed by atoms with Crippen LogP contribution >= 0.6 is 22.9 Å². The minimum absolute atomic E-state index is 0.379. The van der Waals surface area contributed by atoms with E-state index in [1.165, 1.54) is 17.4 Å². The van der Waals surface area contributed by atoms with Gasteiger partial charge in [0.25, 0.3) is 0 Å². The van der Waals surface area contributed by atoms with Gasteiger partial charge in [-0.15, -0.1) is 11.3 Å². The monoisotopic (exact) mass is 433 g/mol. The molecule has 3 rings (SSSR count). The first-order valence-electron chi connectivity index (χ1n) is 9.70. The lowest BCUT2D eigenvalue weighted by molar-refractivity contribution is -0.144. The lowest BCUT2D eigenvalue weighted by Gasteiger charge is -2.32. The van der Waals surface area contributed by atoms with Gasteiger partial charge in [-0.05, 0) is 36.1 Å². The van der Waals surface area contributed by atoms with Crippen LogP contribution in [-0.2, 0) is 22.6 Å². The smallest absolute Gasteiger partial charge is 0.336 e. The second-order valence-electron chi connectivity index (χ2n) is 6.96. The summed E-state index contributed by atoms with van der Waals surface area (Å²) in [5.41, 5.74) is 1.58. The molecule has 0 aliphatic carbocycles. The summed E-state index contributed by atoms with van der Waals surface area (Å²) in [6, 6.07) is 8.07. The Morgan fingerprint density at radius 3 is 2.90 bits per heavy atom. The maximum absolute atomic E-state index is 12.0. The molecule has 1 aromatic carbocycles. The molecule has 0 radical (unpaired) electrons. The van der Waals surface area contributed by atoms with Crippen LogP contribution in [0.25, 0.3) is 0 Å². The third-order valence-corrected chi connectivity index (χ3v) is 6.31. The van der Waals surface area contributed by atoms with Crippen LogP contribution in [0.5, 0.6) is 5.06 Å². The Kier molecular flexibility index (Phi) is 7.47. The van der Waals surface area contributed by atoms with E-state index in [0.29, 0.717) is 35.2 Å². The van der Waals surface area contributed by atoms with Crippen molar-refractivity contribution >= 4 is 34.9 Å². The molecule has 0 bridgehead atoms.